The molecule has 0 radical (unpaired) electrons. The number of unbranched alkanes of at least 4 members (excludes halogenated alkanes) is 32. The number of carbonyl (C=O) groups is 3. The minimum Gasteiger partial charge on any atom is -0.544 e. The molecule has 0 N–H and O–H groups in total. The van der Waals surface area contributed by atoms with Crippen LogP contribution < -0.4 is 5.11 Å². The monoisotopic (exact) mass is 864 g/mol. The van der Waals surface area contributed by atoms with Gasteiger partial charge in [0.2, 0.25) is 0 Å². The molecule has 61 heavy (non-hydrogen) atoms. The minimum absolute atomic E-state index is 0.0451. The Hall–Kier alpha value is -1.93. The van der Waals surface area contributed by atoms with Crippen molar-refractivity contribution in [2.45, 2.75) is 270 Å². The molecule has 0 spiro atoms. The fourth-order valence-corrected chi connectivity index (χ4v) is 8.07. The molecule has 0 rings (SSSR count). The number of nitrogens with zero attached hydrogens (tertiary/aromatic N) is 1. The van der Waals surface area contributed by atoms with Crippen LogP contribution >= 0.6 is 0 Å². The normalized spacial score (nSPS) is 12.9. The highest BCUT2D eigenvalue weighted by molar-refractivity contribution is 5.70. The zero-order valence-corrected chi connectivity index (χ0v) is 41.1. The first kappa shape index (κ1) is 59.1. The summed E-state index contributed by atoms with van der Waals surface area (Å²) in [6, 6.07) is -0.723. The molecule has 0 aromatic heterocycles. The second-order valence-electron chi connectivity index (χ2n) is 19.1. The molecule has 0 aliphatic carbocycles. The summed E-state index contributed by atoms with van der Waals surface area (Å²) < 4.78 is 17.3. The smallest absolute Gasteiger partial charge is 0.306 e. The Kier molecular flexibility index (Phi) is 43.3. The van der Waals surface area contributed by atoms with E-state index >= 15 is 0 Å². The summed E-state index contributed by atoms with van der Waals surface area (Å²) in [6.45, 7) is 4.70. The fourth-order valence-electron chi connectivity index (χ4n) is 8.07. The van der Waals surface area contributed by atoms with E-state index in [1.165, 1.54) is 186 Å². The van der Waals surface area contributed by atoms with E-state index in [4.69, 9.17) is 14.2 Å². The standard InChI is InChI=1S/C53H101NO7/c1-6-8-10-12-14-16-18-20-22-24-25-26-28-29-31-33-35-37-39-41-43-51(55)60-48-49(47-59-46-45-50(53(57)58)54(3,4)5)61-52(56)44-42-40-38-36-34-32-30-27-23-21-19-17-15-13-11-9-7-2/h21,23,49-50H,6-20,22,24-48H2,1-5H3/b23-21+. The molecule has 0 aliphatic rings. The van der Waals surface area contributed by atoms with Crippen LogP contribution in [0.5, 0.6) is 0 Å². The van der Waals surface area contributed by atoms with E-state index in [1.807, 2.05) is 21.1 Å². The van der Waals surface area contributed by atoms with E-state index in [9.17, 15) is 19.5 Å². The number of carboxylic acids is 1. The number of quaternary nitrogens is 1. The van der Waals surface area contributed by atoms with Crippen molar-refractivity contribution in [1.29, 1.82) is 0 Å². The van der Waals surface area contributed by atoms with Gasteiger partial charge >= 0.3 is 11.9 Å². The van der Waals surface area contributed by atoms with Gasteiger partial charge in [-0.2, -0.15) is 0 Å². The average molecular weight is 864 g/mol. The predicted octanol–water partition coefficient (Wildman–Crippen LogP) is 13.7. The summed E-state index contributed by atoms with van der Waals surface area (Å²) in [7, 11) is 5.43. The van der Waals surface area contributed by atoms with Crippen LogP contribution in [-0.4, -0.2) is 75.5 Å². The Morgan fingerprint density at radius 2 is 0.820 bits per heavy atom. The van der Waals surface area contributed by atoms with Gasteiger partial charge in [-0.1, -0.05) is 212 Å². The van der Waals surface area contributed by atoms with Crippen LogP contribution in [0.4, 0.5) is 0 Å². The zero-order chi connectivity index (χ0) is 44.9. The summed E-state index contributed by atoms with van der Waals surface area (Å²) in [4.78, 5) is 37.0. The lowest BCUT2D eigenvalue weighted by Crippen LogP contribution is -2.55. The summed E-state index contributed by atoms with van der Waals surface area (Å²) in [5, 5.41) is 11.7. The van der Waals surface area contributed by atoms with Crippen molar-refractivity contribution in [3.8, 4) is 0 Å². The van der Waals surface area contributed by atoms with E-state index in [0.717, 1.165) is 38.5 Å². The third kappa shape index (κ3) is 43.1. The Morgan fingerprint density at radius 1 is 0.475 bits per heavy atom. The van der Waals surface area contributed by atoms with E-state index in [-0.39, 0.29) is 42.7 Å². The first-order valence-electron chi connectivity index (χ1n) is 26.2. The molecule has 0 fully saturated rings. The second kappa shape index (κ2) is 44.7. The average Bonchev–Trinajstić information content (AvgIpc) is 3.22. The fraction of sp³-hybridized carbons (Fsp3) is 0.906. The SMILES string of the molecule is CCCCCCCC/C=C/CCCCCCCCCC(=O)OC(COCCC(C(=O)[O-])[N+](C)(C)C)COC(=O)CCCCCCCCCCCCCCCCCCCCCC. The second-order valence-corrected chi connectivity index (χ2v) is 19.1. The van der Waals surface area contributed by atoms with Gasteiger partial charge in [0.25, 0.3) is 0 Å². The van der Waals surface area contributed by atoms with Crippen LogP contribution in [0.2, 0.25) is 0 Å². The lowest BCUT2D eigenvalue weighted by atomic mass is 10.0. The topological polar surface area (TPSA) is 102 Å². The van der Waals surface area contributed by atoms with Crippen LogP contribution in [0.15, 0.2) is 12.2 Å². The van der Waals surface area contributed by atoms with Crippen molar-refractivity contribution < 1.29 is 38.2 Å². The molecular weight excluding hydrogens is 763 g/mol. The van der Waals surface area contributed by atoms with Gasteiger partial charge < -0.3 is 28.6 Å². The van der Waals surface area contributed by atoms with Crippen molar-refractivity contribution >= 4 is 17.9 Å². The maximum atomic E-state index is 12.8. The number of ether oxygens (including phenoxy) is 3. The lowest BCUT2D eigenvalue weighted by molar-refractivity contribution is -0.889. The quantitative estimate of drug-likeness (QED) is 0.0260. The summed E-state index contributed by atoms with van der Waals surface area (Å²) in [5.74, 6) is -1.72. The first-order valence-corrected chi connectivity index (χ1v) is 26.2. The lowest BCUT2D eigenvalue weighted by Gasteiger charge is -2.34. The molecule has 0 heterocycles. The predicted molar refractivity (Wildman–Crippen MR) is 254 cm³/mol. The highest BCUT2D eigenvalue weighted by Gasteiger charge is 2.25. The Labute approximate surface area is 378 Å². The molecule has 0 aliphatic heterocycles. The number of esters is 2. The van der Waals surface area contributed by atoms with Crippen molar-refractivity contribution in [3.05, 3.63) is 12.2 Å². The first-order chi connectivity index (χ1) is 29.6. The van der Waals surface area contributed by atoms with E-state index in [0.29, 0.717) is 12.8 Å². The molecule has 0 saturated heterocycles. The minimum atomic E-state index is -1.12. The third-order valence-corrected chi connectivity index (χ3v) is 12.2. The number of carboxylic acid groups (broad SMARTS) is 1. The van der Waals surface area contributed by atoms with Crippen LogP contribution in [0.25, 0.3) is 0 Å². The van der Waals surface area contributed by atoms with Gasteiger partial charge in [0.05, 0.1) is 40.3 Å². The van der Waals surface area contributed by atoms with Gasteiger partial charge in [0, 0.05) is 19.3 Å². The number of hydrogen-bond acceptors (Lipinski definition) is 7. The number of allylic oxidation sites excluding steroid dienone is 2. The van der Waals surface area contributed by atoms with E-state index in [1.54, 1.807) is 0 Å². The van der Waals surface area contributed by atoms with Gasteiger partial charge in [0.15, 0.2) is 6.10 Å². The maximum Gasteiger partial charge on any atom is 0.306 e. The van der Waals surface area contributed by atoms with Gasteiger partial charge in [-0.15, -0.1) is 0 Å². The number of carbonyl (C=O) groups excluding carboxylic acids is 3. The van der Waals surface area contributed by atoms with E-state index in [2.05, 4.69) is 26.0 Å². The Balaban J connectivity index is 4.19. The molecule has 8 nitrogen and oxygen atoms in total. The largest absolute Gasteiger partial charge is 0.544 e. The molecule has 0 amide bonds. The molecule has 0 saturated carbocycles. The van der Waals surface area contributed by atoms with Crippen LogP contribution in [-0.2, 0) is 28.6 Å². The highest BCUT2D eigenvalue weighted by Crippen LogP contribution is 2.17. The van der Waals surface area contributed by atoms with Crippen LogP contribution in [0.3, 0.4) is 0 Å². The van der Waals surface area contributed by atoms with Gasteiger partial charge in [-0.3, -0.25) is 9.59 Å². The molecule has 2 unspecified atom stereocenters. The number of likely N-dealkylation sites (N-methyl/N-ethyl adjacent to an activating group) is 1. The van der Waals surface area contributed by atoms with Crippen molar-refractivity contribution in [3.63, 3.8) is 0 Å². The number of hydrogen-bond donors (Lipinski definition) is 0. The van der Waals surface area contributed by atoms with Gasteiger partial charge in [0.1, 0.15) is 12.6 Å². The van der Waals surface area contributed by atoms with Crippen molar-refractivity contribution in [2.75, 3.05) is 41.0 Å². The Bertz CT molecular complexity index is 1010. The van der Waals surface area contributed by atoms with E-state index < -0.39 is 18.1 Å². The molecule has 0 aromatic carbocycles. The molecule has 8 heteroatoms. The van der Waals surface area contributed by atoms with Gasteiger partial charge in [-0.25, -0.2) is 0 Å². The molecule has 2 atom stereocenters. The van der Waals surface area contributed by atoms with Crippen molar-refractivity contribution in [1.82, 2.24) is 0 Å². The van der Waals surface area contributed by atoms with Crippen molar-refractivity contribution in [2.24, 2.45) is 0 Å². The number of rotatable bonds is 48. The van der Waals surface area contributed by atoms with Crippen LogP contribution in [0.1, 0.15) is 258 Å². The molecule has 0 bridgehead atoms. The Morgan fingerprint density at radius 3 is 1.18 bits per heavy atom. The van der Waals surface area contributed by atoms with Gasteiger partial charge in [-0.05, 0) is 38.5 Å². The molecule has 360 valence electrons. The third-order valence-electron chi connectivity index (χ3n) is 12.2. The summed E-state index contributed by atoms with van der Waals surface area (Å²) in [6.07, 6.45) is 49.5. The zero-order valence-electron chi connectivity index (χ0n) is 41.1. The summed E-state index contributed by atoms with van der Waals surface area (Å²) in [5.41, 5.74) is 0. The molecular formula is C53H101NO7. The highest BCUT2D eigenvalue weighted by atomic mass is 16.6. The maximum absolute atomic E-state index is 12.8. The molecule has 0 aromatic rings. The van der Waals surface area contributed by atoms with Crippen LogP contribution in [0, 0.1) is 0 Å². The summed E-state index contributed by atoms with van der Waals surface area (Å²) >= 11 is 0. The number of aliphatic carboxylic acids is 1.